The molecule has 1 aliphatic heterocycles. The number of nitrogens with one attached hydrogen (secondary N) is 1. The summed E-state index contributed by atoms with van der Waals surface area (Å²) in [6, 6.07) is 0. The van der Waals surface area contributed by atoms with Gasteiger partial charge in [-0.2, -0.15) is 5.10 Å². The SMILES string of the molecule is Cn1ncc(Cl)c1C1(F)CCNC1. The second-order valence-electron chi connectivity index (χ2n) is 3.36. The lowest BCUT2D eigenvalue weighted by atomic mass is 10.0. The van der Waals surface area contributed by atoms with Gasteiger partial charge in [0.15, 0.2) is 5.67 Å². The molecule has 1 fully saturated rings. The van der Waals surface area contributed by atoms with Crippen molar-refractivity contribution in [2.24, 2.45) is 7.05 Å². The standard InChI is InChI=1S/C8H11ClFN3/c1-13-7(6(9)4-12-13)8(10)2-3-11-5-8/h4,11H,2-3,5H2,1H3. The number of halogens is 2. The lowest BCUT2D eigenvalue weighted by molar-refractivity contribution is 0.179. The molecule has 0 spiro atoms. The Kier molecular flexibility index (Phi) is 2.04. The summed E-state index contributed by atoms with van der Waals surface area (Å²) in [5, 5.41) is 7.31. The van der Waals surface area contributed by atoms with Crippen LogP contribution in [0.2, 0.25) is 5.02 Å². The molecule has 0 aliphatic carbocycles. The molecule has 3 nitrogen and oxygen atoms in total. The van der Waals surface area contributed by atoms with Crippen LogP contribution in [0.3, 0.4) is 0 Å². The highest BCUT2D eigenvalue weighted by Gasteiger charge is 2.39. The molecule has 0 radical (unpaired) electrons. The Morgan fingerprint density at radius 1 is 1.77 bits per heavy atom. The van der Waals surface area contributed by atoms with Crippen LogP contribution in [0.25, 0.3) is 0 Å². The van der Waals surface area contributed by atoms with Crippen molar-refractivity contribution in [3.05, 3.63) is 16.9 Å². The predicted octanol–water partition coefficient (Wildman–Crippen LogP) is 1.23. The van der Waals surface area contributed by atoms with E-state index in [1.165, 1.54) is 10.9 Å². The highest BCUT2D eigenvalue weighted by Crippen LogP contribution is 2.35. The fourth-order valence-corrected chi connectivity index (χ4v) is 2.11. The Bertz CT molecular complexity index is 298. The molecule has 13 heavy (non-hydrogen) atoms. The Labute approximate surface area is 80.9 Å². The maximum Gasteiger partial charge on any atom is 0.167 e. The van der Waals surface area contributed by atoms with Gasteiger partial charge in [0, 0.05) is 20.0 Å². The summed E-state index contributed by atoms with van der Waals surface area (Å²) < 4.78 is 15.7. The van der Waals surface area contributed by atoms with Crippen LogP contribution in [0.1, 0.15) is 12.1 Å². The van der Waals surface area contributed by atoms with Crippen LogP contribution < -0.4 is 5.32 Å². The van der Waals surface area contributed by atoms with Crippen LogP contribution in [-0.2, 0) is 12.7 Å². The number of hydrogen-bond donors (Lipinski definition) is 1. The number of aryl methyl sites for hydroxylation is 1. The molecule has 1 aromatic heterocycles. The molecular formula is C8H11ClFN3. The molecule has 0 amide bonds. The first-order chi connectivity index (χ1) is 6.13. The Balaban J connectivity index is 2.43. The van der Waals surface area contributed by atoms with E-state index < -0.39 is 5.67 Å². The minimum atomic E-state index is -1.34. The largest absolute Gasteiger partial charge is 0.313 e. The number of nitrogens with zero attached hydrogens (tertiary/aromatic N) is 2. The van der Waals surface area contributed by atoms with E-state index in [-0.39, 0.29) is 0 Å². The molecule has 2 heterocycles. The highest BCUT2D eigenvalue weighted by molar-refractivity contribution is 6.31. The number of hydrogen-bond acceptors (Lipinski definition) is 2. The average molecular weight is 204 g/mol. The second-order valence-corrected chi connectivity index (χ2v) is 3.76. The van der Waals surface area contributed by atoms with Crippen molar-refractivity contribution in [2.45, 2.75) is 12.1 Å². The van der Waals surface area contributed by atoms with Gasteiger partial charge in [0.05, 0.1) is 16.9 Å². The zero-order valence-electron chi connectivity index (χ0n) is 7.35. The lowest BCUT2D eigenvalue weighted by Gasteiger charge is -2.18. The molecular weight excluding hydrogens is 193 g/mol. The van der Waals surface area contributed by atoms with E-state index in [1.54, 1.807) is 7.05 Å². The fourth-order valence-electron chi connectivity index (χ4n) is 1.78. The maximum atomic E-state index is 14.2. The smallest absolute Gasteiger partial charge is 0.167 e. The summed E-state index contributed by atoms with van der Waals surface area (Å²) >= 11 is 5.86. The predicted molar refractivity (Wildman–Crippen MR) is 48.5 cm³/mol. The van der Waals surface area contributed by atoms with Crippen molar-refractivity contribution in [2.75, 3.05) is 13.1 Å². The highest BCUT2D eigenvalue weighted by atomic mass is 35.5. The molecule has 0 aromatic carbocycles. The first-order valence-corrected chi connectivity index (χ1v) is 4.59. The Hall–Kier alpha value is -0.610. The zero-order valence-corrected chi connectivity index (χ0v) is 8.10. The average Bonchev–Trinajstić information content (AvgIpc) is 2.60. The minimum Gasteiger partial charge on any atom is -0.313 e. The van der Waals surface area contributed by atoms with Crippen molar-refractivity contribution >= 4 is 11.6 Å². The van der Waals surface area contributed by atoms with Crippen LogP contribution >= 0.6 is 11.6 Å². The molecule has 1 aromatic rings. The van der Waals surface area contributed by atoms with Crippen LogP contribution in [0.5, 0.6) is 0 Å². The van der Waals surface area contributed by atoms with E-state index in [2.05, 4.69) is 10.4 Å². The third kappa shape index (κ3) is 1.34. The van der Waals surface area contributed by atoms with Crippen molar-refractivity contribution in [3.8, 4) is 0 Å². The molecule has 1 N–H and O–H groups in total. The van der Waals surface area contributed by atoms with Gasteiger partial charge in [0.2, 0.25) is 0 Å². The summed E-state index contributed by atoms with van der Waals surface area (Å²) in [7, 11) is 1.71. The van der Waals surface area contributed by atoms with Gasteiger partial charge in [-0.1, -0.05) is 11.6 Å². The van der Waals surface area contributed by atoms with Gasteiger partial charge >= 0.3 is 0 Å². The van der Waals surface area contributed by atoms with Crippen LogP contribution in [0.15, 0.2) is 6.20 Å². The van der Waals surface area contributed by atoms with E-state index in [4.69, 9.17) is 11.6 Å². The zero-order chi connectivity index (χ0) is 9.47. The summed E-state index contributed by atoms with van der Waals surface area (Å²) in [6.45, 7) is 1.02. The van der Waals surface area contributed by atoms with E-state index >= 15 is 0 Å². The van der Waals surface area contributed by atoms with Crippen molar-refractivity contribution in [3.63, 3.8) is 0 Å². The van der Waals surface area contributed by atoms with Gasteiger partial charge in [-0.05, 0) is 6.54 Å². The monoisotopic (exact) mass is 203 g/mol. The molecule has 1 saturated heterocycles. The molecule has 0 bridgehead atoms. The van der Waals surface area contributed by atoms with Crippen LogP contribution in [0, 0.1) is 0 Å². The van der Waals surface area contributed by atoms with Gasteiger partial charge < -0.3 is 5.32 Å². The quantitative estimate of drug-likeness (QED) is 0.744. The second kappa shape index (κ2) is 2.96. The molecule has 1 unspecified atom stereocenters. The summed E-state index contributed by atoms with van der Waals surface area (Å²) in [5.41, 5.74) is -0.860. The van der Waals surface area contributed by atoms with Crippen molar-refractivity contribution in [1.29, 1.82) is 0 Å². The van der Waals surface area contributed by atoms with Gasteiger partial charge in [-0.3, -0.25) is 4.68 Å². The molecule has 2 rings (SSSR count). The van der Waals surface area contributed by atoms with E-state index in [0.717, 1.165) is 0 Å². The van der Waals surface area contributed by atoms with E-state index in [0.29, 0.717) is 30.2 Å². The molecule has 1 aliphatic rings. The minimum absolute atomic E-state index is 0.326. The molecule has 1 atom stereocenters. The topological polar surface area (TPSA) is 29.9 Å². The third-order valence-electron chi connectivity index (χ3n) is 2.42. The Morgan fingerprint density at radius 2 is 2.54 bits per heavy atom. The first kappa shape index (κ1) is 8.97. The van der Waals surface area contributed by atoms with Crippen LogP contribution in [0.4, 0.5) is 4.39 Å². The molecule has 5 heteroatoms. The number of rotatable bonds is 1. The normalized spacial score (nSPS) is 28.2. The van der Waals surface area contributed by atoms with E-state index in [1.807, 2.05) is 0 Å². The lowest BCUT2D eigenvalue weighted by Crippen LogP contribution is -2.26. The first-order valence-electron chi connectivity index (χ1n) is 4.21. The number of aromatic nitrogens is 2. The number of alkyl halides is 1. The fraction of sp³-hybridized carbons (Fsp3) is 0.625. The van der Waals surface area contributed by atoms with Crippen molar-refractivity contribution < 1.29 is 4.39 Å². The van der Waals surface area contributed by atoms with E-state index in [9.17, 15) is 4.39 Å². The van der Waals surface area contributed by atoms with Crippen molar-refractivity contribution in [1.82, 2.24) is 15.1 Å². The van der Waals surface area contributed by atoms with Gasteiger partial charge in [-0.15, -0.1) is 0 Å². The van der Waals surface area contributed by atoms with Crippen LogP contribution in [-0.4, -0.2) is 22.9 Å². The van der Waals surface area contributed by atoms with Gasteiger partial charge in [0.1, 0.15) is 0 Å². The molecule has 0 saturated carbocycles. The summed E-state index contributed by atoms with van der Waals surface area (Å²) in [4.78, 5) is 0. The maximum absolute atomic E-state index is 14.2. The van der Waals surface area contributed by atoms with Gasteiger partial charge in [-0.25, -0.2) is 4.39 Å². The summed E-state index contributed by atoms with van der Waals surface area (Å²) in [6.07, 6.45) is 1.95. The summed E-state index contributed by atoms with van der Waals surface area (Å²) in [5.74, 6) is 0. The Morgan fingerprint density at radius 3 is 3.00 bits per heavy atom. The molecule has 72 valence electrons. The van der Waals surface area contributed by atoms with Gasteiger partial charge in [0.25, 0.3) is 0 Å². The third-order valence-corrected chi connectivity index (χ3v) is 2.70.